The second-order valence-corrected chi connectivity index (χ2v) is 3.88. The summed E-state index contributed by atoms with van der Waals surface area (Å²) in [6.45, 7) is 0.911. The third kappa shape index (κ3) is 1.70. The normalized spacial score (nSPS) is 21.4. The molecule has 1 fully saturated rings. The fraction of sp³-hybridized carbons (Fsp3) is 0.400. The fourth-order valence-electron chi connectivity index (χ4n) is 1.78. The van der Waals surface area contributed by atoms with Crippen molar-refractivity contribution in [1.29, 1.82) is 0 Å². The Kier molecular flexibility index (Phi) is 2.61. The number of benzene rings is 1. The quantitative estimate of drug-likeness (QED) is 0.755. The van der Waals surface area contributed by atoms with E-state index >= 15 is 0 Å². The zero-order valence-electron chi connectivity index (χ0n) is 7.56. The number of nitrogens with one attached hydrogen (secondary N) is 1. The summed E-state index contributed by atoms with van der Waals surface area (Å²) in [5.41, 5.74) is 0.601. The second kappa shape index (κ2) is 3.75. The molecule has 1 unspecified atom stereocenters. The lowest BCUT2D eigenvalue weighted by Gasteiger charge is -2.12. The summed E-state index contributed by atoms with van der Waals surface area (Å²) in [4.78, 5) is 0. The Balaban J connectivity index is 2.37. The van der Waals surface area contributed by atoms with Crippen LogP contribution in [0.4, 0.5) is 4.39 Å². The van der Waals surface area contributed by atoms with Crippen LogP contribution in [0.25, 0.3) is 0 Å². The largest absolute Gasteiger partial charge is 0.508 e. The van der Waals surface area contributed by atoms with Gasteiger partial charge in [-0.15, -0.1) is 0 Å². The Labute approximate surface area is 86.7 Å². The summed E-state index contributed by atoms with van der Waals surface area (Å²) in [5.74, 6) is -0.413. The van der Waals surface area contributed by atoms with Crippen molar-refractivity contribution in [2.75, 3.05) is 6.54 Å². The van der Waals surface area contributed by atoms with Gasteiger partial charge in [-0.2, -0.15) is 0 Å². The fourth-order valence-corrected chi connectivity index (χ4v) is 1.94. The van der Waals surface area contributed by atoms with Crippen LogP contribution in [-0.4, -0.2) is 11.7 Å². The lowest BCUT2D eigenvalue weighted by molar-refractivity contribution is 0.454. The molecule has 0 radical (unpaired) electrons. The van der Waals surface area contributed by atoms with Crippen LogP contribution < -0.4 is 5.32 Å². The molecule has 14 heavy (non-hydrogen) atoms. The minimum absolute atomic E-state index is 0.0377. The molecule has 2 rings (SSSR count). The number of phenolic OH excluding ortho intramolecular Hbond substituents is 1. The van der Waals surface area contributed by atoms with E-state index in [1.165, 1.54) is 12.1 Å². The van der Waals surface area contributed by atoms with Gasteiger partial charge in [0.15, 0.2) is 0 Å². The van der Waals surface area contributed by atoms with E-state index in [1.807, 2.05) is 0 Å². The molecule has 1 aromatic carbocycles. The van der Waals surface area contributed by atoms with Crippen molar-refractivity contribution < 1.29 is 9.50 Å². The number of halogens is 2. The van der Waals surface area contributed by atoms with Crippen molar-refractivity contribution in [3.63, 3.8) is 0 Å². The summed E-state index contributed by atoms with van der Waals surface area (Å²) >= 11 is 5.54. The van der Waals surface area contributed by atoms with Gasteiger partial charge in [0.1, 0.15) is 11.6 Å². The zero-order chi connectivity index (χ0) is 10.1. The highest BCUT2D eigenvalue weighted by molar-refractivity contribution is 6.30. The molecule has 1 aromatic rings. The lowest BCUT2D eigenvalue weighted by atomic mass is 10.0. The van der Waals surface area contributed by atoms with E-state index in [0.29, 0.717) is 5.56 Å². The van der Waals surface area contributed by atoms with E-state index < -0.39 is 5.82 Å². The smallest absolute Gasteiger partial charge is 0.142 e. The van der Waals surface area contributed by atoms with Crippen LogP contribution in [0.1, 0.15) is 24.4 Å². The maximum absolute atomic E-state index is 13.1. The molecular weight excluding hydrogens is 205 g/mol. The van der Waals surface area contributed by atoms with Gasteiger partial charge in [-0.05, 0) is 25.5 Å². The molecule has 1 atom stereocenters. The third-order valence-corrected chi connectivity index (χ3v) is 2.79. The van der Waals surface area contributed by atoms with Crippen LogP contribution >= 0.6 is 11.6 Å². The highest BCUT2D eigenvalue weighted by Crippen LogP contribution is 2.33. The van der Waals surface area contributed by atoms with Crippen LogP contribution in [0, 0.1) is 5.82 Å². The van der Waals surface area contributed by atoms with Gasteiger partial charge >= 0.3 is 0 Å². The summed E-state index contributed by atoms with van der Waals surface area (Å²) < 4.78 is 13.1. The molecule has 0 spiro atoms. The van der Waals surface area contributed by atoms with Crippen LogP contribution in [0.15, 0.2) is 12.1 Å². The van der Waals surface area contributed by atoms with Gasteiger partial charge in [0, 0.05) is 17.7 Å². The molecule has 2 N–H and O–H groups in total. The molecule has 1 saturated heterocycles. The first-order valence-corrected chi connectivity index (χ1v) is 4.97. The van der Waals surface area contributed by atoms with Gasteiger partial charge < -0.3 is 10.4 Å². The van der Waals surface area contributed by atoms with Gasteiger partial charge in [-0.3, -0.25) is 0 Å². The lowest BCUT2D eigenvalue weighted by Crippen LogP contribution is -2.13. The molecule has 1 aliphatic rings. The summed E-state index contributed by atoms with van der Waals surface area (Å²) in [5, 5.41) is 12.7. The Morgan fingerprint density at radius 3 is 2.93 bits per heavy atom. The first-order chi connectivity index (χ1) is 6.68. The molecule has 0 aliphatic carbocycles. The standard InChI is InChI=1S/C10H11ClFNO/c11-7-5-10(14)6(4-8(7)12)9-2-1-3-13-9/h4-5,9,13-14H,1-3H2. The summed E-state index contributed by atoms with van der Waals surface area (Å²) in [6, 6.07) is 2.62. The molecule has 76 valence electrons. The molecule has 1 aliphatic heterocycles. The maximum atomic E-state index is 13.1. The van der Waals surface area contributed by atoms with Crippen molar-refractivity contribution in [2.45, 2.75) is 18.9 Å². The van der Waals surface area contributed by atoms with Crippen LogP contribution in [0.5, 0.6) is 5.75 Å². The van der Waals surface area contributed by atoms with E-state index in [4.69, 9.17) is 11.6 Å². The second-order valence-electron chi connectivity index (χ2n) is 3.47. The topological polar surface area (TPSA) is 32.3 Å². The highest BCUT2D eigenvalue weighted by Gasteiger charge is 2.20. The van der Waals surface area contributed by atoms with Gasteiger partial charge in [0.05, 0.1) is 5.02 Å². The van der Waals surface area contributed by atoms with Gasteiger partial charge in [-0.1, -0.05) is 11.6 Å². The van der Waals surface area contributed by atoms with Crippen molar-refractivity contribution in [3.05, 3.63) is 28.5 Å². The van der Waals surface area contributed by atoms with E-state index in [9.17, 15) is 9.50 Å². The third-order valence-electron chi connectivity index (χ3n) is 2.51. The number of rotatable bonds is 1. The molecule has 0 aromatic heterocycles. The Bertz CT molecular complexity index is 350. The van der Waals surface area contributed by atoms with Crippen LogP contribution in [-0.2, 0) is 0 Å². The van der Waals surface area contributed by atoms with Crippen LogP contribution in [0.3, 0.4) is 0 Å². The predicted octanol–water partition coefficient (Wildman–Crippen LogP) is 2.61. The summed E-state index contributed by atoms with van der Waals surface area (Å²) in [7, 11) is 0. The average molecular weight is 216 g/mol. The predicted molar refractivity (Wildman–Crippen MR) is 53.1 cm³/mol. The van der Waals surface area contributed by atoms with Crippen LogP contribution in [0.2, 0.25) is 5.02 Å². The highest BCUT2D eigenvalue weighted by atomic mass is 35.5. The molecular formula is C10H11ClFNO. The number of hydrogen-bond donors (Lipinski definition) is 2. The summed E-state index contributed by atoms with van der Waals surface area (Å²) in [6.07, 6.45) is 1.98. The van der Waals surface area contributed by atoms with Crippen molar-refractivity contribution in [1.82, 2.24) is 5.32 Å². The van der Waals surface area contributed by atoms with Gasteiger partial charge in [-0.25, -0.2) is 4.39 Å². The molecule has 4 heteroatoms. The minimum Gasteiger partial charge on any atom is -0.508 e. The van der Waals surface area contributed by atoms with E-state index in [-0.39, 0.29) is 16.8 Å². The molecule has 1 heterocycles. The number of aromatic hydroxyl groups is 1. The SMILES string of the molecule is Oc1cc(Cl)c(F)cc1C1CCCN1. The number of phenols is 1. The van der Waals surface area contributed by atoms with Gasteiger partial charge in [0.2, 0.25) is 0 Å². The van der Waals surface area contributed by atoms with Gasteiger partial charge in [0.25, 0.3) is 0 Å². The molecule has 0 bridgehead atoms. The Hall–Kier alpha value is -0.800. The first-order valence-electron chi connectivity index (χ1n) is 4.60. The molecule has 0 saturated carbocycles. The zero-order valence-corrected chi connectivity index (χ0v) is 8.31. The molecule has 0 amide bonds. The number of hydrogen-bond acceptors (Lipinski definition) is 2. The Morgan fingerprint density at radius 1 is 1.50 bits per heavy atom. The van der Waals surface area contributed by atoms with E-state index in [2.05, 4.69) is 5.32 Å². The minimum atomic E-state index is -0.479. The van der Waals surface area contributed by atoms with Crippen molar-refractivity contribution in [3.8, 4) is 5.75 Å². The molecule has 2 nitrogen and oxygen atoms in total. The monoisotopic (exact) mass is 215 g/mol. The van der Waals surface area contributed by atoms with E-state index in [1.54, 1.807) is 0 Å². The van der Waals surface area contributed by atoms with Crippen molar-refractivity contribution >= 4 is 11.6 Å². The Morgan fingerprint density at radius 2 is 2.29 bits per heavy atom. The first kappa shape index (κ1) is 9.74. The maximum Gasteiger partial charge on any atom is 0.142 e. The van der Waals surface area contributed by atoms with E-state index in [0.717, 1.165) is 19.4 Å². The van der Waals surface area contributed by atoms with Crippen molar-refractivity contribution in [2.24, 2.45) is 0 Å². The average Bonchev–Trinajstić information content (AvgIpc) is 2.64.